The summed E-state index contributed by atoms with van der Waals surface area (Å²) in [6, 6.07) is 8.61. The normalized spacial score (nSPS) is 14.6. The Balaban J connectivity index is 2.43. The summed E-state index contributed by atoms with van der Waals surface area (Å²) in [6.07, 6.45) is 1.05. The second-order valence-corrected chi connectivity index (χ2v) is 4.65. The largest absolute Gasteiger partial charge is 0.315 e. The van der Waals surface area contributed by atoms with Crippen LogP contribution in [0.15, 0.2) is 30.3 Å². The van der Waals surface area contributed by atoms with E-state index in [2.05, 4.69) is 0 Å². The van der Waals surface area contributed by atoms with Gasteiger partial charge < -0.3 is 4.90 Å². The molecule has 3 rings (SSSR count). The van der Waals surface area contributed by atoms with E-state index in [0.29, 0.717) is 18.2 Å². The fraction of sp³-hybridized carbons (Fsp3) is 0.214. The van der Waals surface area contributed by atoms with Gasteiger partial charge in [-0.25, -0.2) is 0 Å². The van der Waals surface area contributed by atoms with Gasteiger partial charge in [-0.15, -0.1) is 0 Å². The number of amides is 1. The Labute approximate surface area is 109 Å². The summed E-state index contributed by atoms with van der Waals surface area (Å²) >= 11 is 0. The molecular formula is C14H12N2O3. The highest BCUT2D eigenvalue weighted by atomic mass is 16.6. The lowest BCUT2D eigenvalue weighted by Crippen LogP contribution is -2.25. The summed E-state index contributed by atoms with van der Waals surface area (Å²) in [5, 5.41) is 12.5. The van der Waals surface area contributed by atoms with Gasteiger partial charge in [0.05, 0.1) is 16.0 Å². The first kappa shape index (κ1) is 11.6. The lowest BCUT2D eigenvalue weighted by molar-refractivity contribution is -0.383. The minimum Gasteiger partial charge on any atom is -0.315 e. The van der Waals surface area contributed by atoms with E-state index in [9.17, 15) is 14.9 Å². The third kappa shape index (κ3) is 1.66. The summed E-state index contributed by atoms with van der Waals surface area (Å²) in [5.41, 5.74) is 1.83. The zero-order valence-corrected chi connectivity index (χ0v) is 10.4. The van der Waals surface area contributed by atoms with Crippen LogP contribution in [0.5, 0.6) is 0 Å². The molecule has 96 valence electrons. The van der Waals surface area contributed by atoms with Crippen LogP contribution in [-0.2, 0) is 11.2 Å². The molecular weight excluding hydrogens is 244 g/mol. The second-order valence-electron chi connectivity index (χ2n) is 4.65. The molecule has 0 N–H and O–H groups in total. The number of anilines is 1. The monoisotopic (exact) mass is 256 g/mol. The molecule has 0 fully saturated rings. The first-order chi connectivity index (χ1) is 9.09. The molecule has 0 bridgehead atoms. The molecule has 0 atom stereocenters. The molecule has 5 heteroatoms. The van der Waals surface area contributed by atoms with Crippen LogP contribution in [-0.4, -0.2) is 17.9 Å². The fourth-order valence-electron chi connectivity index (χ4n) is 2.64. The summed E-state index contributed by atoms with van der Waals surface area (Å²) in [4.78, 5) is 24.2. The molecule has 0 spiro atoms. The second kappa shape index (κ2) is 4.05. The Hall–Kier alpha value is -2.43. The number of carbonyl (C=O) groups is 1. The van der Waals surface area contributed by atoms with E-state index in [4.69, 9.17) is 0 Å². The molecule has 5 nitrogen and oxygen atoms in total. The third-order valence-electron chi connectivity index (χ3n) is 3.62. The zero-order valence-electron chi connectivity index (χ0n) is 10.4. The smallest absolute Gasteiger partial charge is 0.277 e. The molecule has 1 aliphatic heterocycles. The van der Waals surface area contributed by atoms with E-state index in [0.717, 1.165) is 16.6 Å². The molecule has 1 heterocycles. The van der Waals surface area contributed by atoms with E-state index in [-0.39, 0.29) is 16.5 Å². The third-order valence-corrected chi connectivity index (χ3v) is 3.62. The fourth-order valence-corrected chi connectivity index (χ4v) is 2.64. The lowest BCUT2D eigenvalue weighted by atomic mass is 9.99. The van der Waals surface area contributed by atoms with Crippen molar-refractivity contribution in [3.8, 4) is 0 Å². The highest BCUT2D eigenvalue weighted by Gasteiger charge is 2.23. The number of non-ortho nitro benzene ring substituents is 1. The number of hydrogen-bond donors (Lipinski definition) is 0. The molecule has 19 heavy (non-hydrogen) atoms. The molecule has 1 amide bonds. The van der Waals surface area contributed by atoms with Gasteiger partial charge in [0.15, 0.2) is 0 Å². The molecule has 1 aliphatic rings. The first-order valence-corrected chi connectivity index (χ1v) is 6.05. The average molecular weight is 256 g/mol. The maximum Gasteiger partial charge on any atom is 0.277 e. The van der Waals surface area contributed by atoms with Crippen molar-refractivity contribution in [3.63, 3.8) is 0 Å². The van der Waals surface area contributed by atoms with Crippen LogP contribution in [0.4, 0.5) is 11.4 Å². The van der Waals surface area contributed by atoms with Gasteiger partial charge in [0, 0.05) is 24.9 Å². The van der Waals surface area contributed by atoms with E-state index in [1.165, 1.54) is 6.07 Å². The van der Waals surface area contributed by atoms with Crippen LogP contribution < -0.4 is 4.90 Å². The van der Waals surface area contributed by atoms with Crippen molar-refractivity contribution < 1.29 is 9.72 Å². The van der Waals surface area contributed by atoms with Crippen molar-refractivity contribution >= 4 is 28.1 Å². The quantitative estimate of drug-likeness (QED) is 0.582. The van der Waals surface area contributed by atoms with Gasteiger partial charge in [0.25, 0.3) is 5.69 Å². The van der Waals surface area contributed by atoms with Crippen molar-refractivity contribution in [2.24, 2.45) is 0 Å². The van der Waals surface area contributed by atoms with Gasteiger partial charge in [0.2, 0.25) is 5.91 Å². The van der Waals surface area contributed by atoms with Crippen LogP contribution in [0.3, 0.4) is 0 Å². The Morgan fingerprint density at radius 1 is 1.21 bits per heavy atom. The van der Waals surface area contributed by atoms with Crippen LogP contribution in [0, 0.1) is 10.1 Å². The Bertz CT molecular complexity index is 709. The number of nitro groups is 1. The summed E-state index contributed by atoms with van der Waals surface area (Å²) in [6.45, 7) is 0. The molecule has 2 aromatic carbocycles. The molecule has 0 aromatic heterocycles. The van der Waals surface area contributed by atoms with Gasteiger partial charge in [-0.1, -0.05) is 12.1 Å². The number of hydrogen-bond acceptors (Lipinski definition) is 3. The van der Waals surface area contributed by atoms with Crippen molar-refractivity contribution in [1.29, 1.82) is 0 Å². The van der Waals surface area contributed by atoms with Crippen LogP contribution in [0.25, 0.3) is 10.8 Å². The topological polar surface area (TPSA) is 63.5 Å². The standard InChI is InChI=1S/C14H12N2O3/c1-15-12-7-6-11(16(18)19)10-4-2-3-9(14(10)12)5-8-13(15)17/h2-4,6-7H,5,8H2,1H3. The highest BCUT2D eigenvalue weighted by Crippen LogP contribution is 2.37. The lowest BCUT2D eigenvalue weighted by Gasteiger charge is -2.17. The minimum absolute atomic E-state index is 0.0337. The molecule has 2 aromatic rings. The Kier molecular flexibility index (Phi) is 2.48. The molecule has 0 aliphatic carbocycles. The SMILES string of the molecule is CN1C(=O)CCc2cccc3c([N+](=O)[O-])ccc1c23. The Morgan fingerprint density at radius 2 is 2.00 bits per heavy atom. The summed E-state index contributed by atoms with van der Waals surface area (Å²) in [7, 11) is 1.71. The minimum atomic E-state index is -0.379. The van der Waals surface area contributed by atoms with Crippen LogP contribution in [0.2, 0.25) is 0 Å². The number of nitrogens with zero attached hydrogens (tertiary/aromatic N) is 2. The number of aryl methyl sites for hydroxylation is 1. The van der Waals surface area contributed by atoms with Gasteiger partial charge in [0.1, 0.15) is 0 Å². The first-order valence-electron chi connectivity index (χ1n) is 6.05. The maximum absolute atomic E-state index is 11.9. The van der Waals surface area contributed by atoms with Crippen molar-refractivity contribution in [2.45, 2.75) is 12.8 Å². The summed E-state index contributed by atoms with van der Waals surface area (Å²) < 4.78 is 0. The molecule has 0 radical (unpaired) electrons. The molecule has 0 unspecified atom stereocenters. The average Bonchev–Trinajstić information content (AvgIpc) is 2.52. The van der Waals surface area contributed by atoms with Gasteiger partial charge in [-0.2, -0.15) is 0 Å². The summed E-state index contributed by atoms with van der Waals surface area (Å²) in [5.74, 6) is 0.0337. The number of carbonyl (C=O) groups excluding carboxylic acids is 1. The van der Waals surface area contributed by atoms with Crippen molar-refractivity contribution in [3.05, 3.63) is 46.0 Å². The molecule has 0 saturated carbocycles. The zero-order chi connectivity index (χ0) is 13.6. The Morgan fingerprint density at radius 3 is 2.74 bits per heavy atom. The van der Waals surface area contributed by atoms with Crippen LogP contribution >= 0.6 is 0 Å². The van der Waals surface area contributed by atoms with E-state index in [1.54, 1.807) is 24.1 Å². The van der Waals surface area contributed by atoms with Crippen molar-refractivity contribution in [2.75, 3.05) is 11.9 Å². The van der Waals surface area contributed by atoms with E-state index in [1.807, 2.05) is 12.1 Å². The molecule has 0 saturated heterocycles. The van der Waals surface area contributed by atoms with Gasteiger partial charge in [-0.05, 0) is 24.1 Å². The van der Waals surface area contributed by atoms with Gasteiger partial charge in [-0.3, -0.25) is 14.9 Å². The van der Waals surface area contributed by atoms with E-state index >= 15 is 0 Å². The predicted octanol–water partition coefficient (Wildman–Crippen LogP) is 2.66. The van der Waals surface area contributed by atoms with Crippen LogP contribution in [0.1, 0.15) is 12.0 Å². The van der Waals surface area contributed by atoms with E-state index < -0.39 is 0 Å². The number of nitro benzene ring substituents is 1. The number of rotatable bonds is 1. The highest BCUT2D eigenvalue weighted by molar-refractivity contribution is 6.09. The van der Waals surface area contributed by atoms with Crippen molar-refractivity contribution in [1.82, 2.24) is 0 Å². The number of benzene rings is 2. The maximum atomic E-state index is 11.9. The van der Waals surface area contributed by atoms with Gasteiger partial charge >= 0.3 is 0 Å². The predicted molar refractivity (Wildman–Crippen MR) is 72.3 cm³/mol.